The number of ether oxygens (including phenoxy) is 2. The lowest BCUT2D eigenvalue weighted by molar-refractivity contribution is 0.0526. The molecule has 0 aliphatic heterocycles. The first-order chi connectivity index (χ1) is 15.2. The summed E-state index contributed by atoms with van der Waals surface area (Å²) in [5.41, 5.74) is 3.94. The van der Waals surface area contributed by atoms with Gasteiger partial charge in [0.2, 0.25) is 0 Å². The molecule has 0 amide bonds. The summed E-state index contributed by atoms with van der Waals surface area (Å²) in [4.78, 5) is 16.5. The Balaban J connectivity index is 1.69. The highest BCUT2D eigenvalue weighted by Gasteiger charge is 2.15. The van der Waals surface area contributed by atoms with Crippen LogP contribution in [0.5, 0.6) is 5.75 Å². The number of hydrogen-bond donors (Lipinski definition) is 0. The molecule has 0 bridgehead atoms. The van der Waals surface area contributed by atoms with E-state index in [1.807, 2.05) is 59.2 Å². The van der Waals surface area contributed by atoms with Crippen molar-refractivity contribution in [2.45, 2.75) is 13.5 Å². The Morgan fingerprint density at radius 1 is 1.03 bits per heavy atom. The van der Waals surface area contributed by atoms with E-state index in [4.69, 9.17) is 21.1 Å². The maximum Gasteiger partial charge on any atom is 0.338 e. The van der Waals surface area contributed by atoms with Crippen LogP contribution in [0.3, 0.4) is 0 Å². The van der Waals surface area contributed by atoms with Crippen molar-refractivity contribution in [1.29, 1.82) is 0 Å². The monoisotopic (exact) mass is 432 g/mol. The predicted molar refractivity (Wildman–Crippen MR) is 121 cm³/mol. The summed E-state index contributed by atoms with van der Waals surface area (Å²) in [7, 11) is 0. The second-order valence-corrected chi connectivity index (χ2v) is 7.27. The van der Waals surface area contributed by atoms with E-state index < -0.39 is 0 Å². The van der Waals surface area contributed by atoms with E-state index in [0.717, 1.165) is 22.5 Å². The molecule has 6 heteroatoms. The Morgan fingerprint density at radius 3 is 2.68 bits per heavy atom. The topological polar surface area (TPSA) is 53.4 Å². The summed E-state index contributed by atoms with van der Waals surface area (Å²) < 4.78 is 13.1. The van der Waals surface area contributed by atoms with E-state index in [0.29, 0.717) is 29.5 Å². The standard InChI is InChI=1S/C25H21ClN2O3/c1-2-30-25(29)19-9-6-10-21(13-19)28-17-27-15-23(28)22-14-20(26)11-12-24(22)31-16-18-7-4-3-5-8-18/h3-15,17H,2,16H2,1H3. The molecule has 5 nitrogen and oxygen atoms in total. The summed E-state index contributed by atoms with van der Waals surface area (Å²) in [5.74, 6) is 0.331. The third-order valence-corrected chi connectivity index (χ3v) is 4.96. The highest BCUT2D eigenvalue weighted by atomic mass is 35.5. The van der Waals surface area contributed by atoms with E-state index in [2.05, 4.69) is 4.98 Å². The molecule has 0 N–H and O–H groups in total. The van der Waals surface area contributed by atoms with Crippen LogP contribution in [0.2, 0.25) is 5.02 Å². The highest BCUT2D eigenvalue weighted by molar-refractivity contribution is 6.31. The van der Waals surface area contributed by atoms with Gasteiger partial charge in [0.1, 0.15) is 12.4 Å². The second-order valence-electron chi connectivity index (χ2n) is 6.83. The van der Waals surface area contributed by atoms with Crippen LogP contribution < -0.4 is 4.74 Å². The smallest absolute Gasteiger partial charge is 0.338 e. The van der Waals surface area contributed by atoms with Crippen molar-refractivity contribution < 1.29 is 14.3 Å². The van der Waals surface area contributed by atoms with Gasteiger partial charge in [-0.05, 0) is 48.9 Å². The molecule has 1 heterocycles. The number of carbonyl (C=O) groups excluding carboxylic acids is 1. The quantitative estimate of drug-likeness (QED) is 0.339. The zero-order chi connectivity index (χ0) is 21.6. The maximum absolute atomic E-state index is 12.2. The average Bonchev–Trinajstić information content (AvgIpc) is 3.29. The fourth-order valence-electron chi connectivity index (χ4n) is 3.26. The molecule has 0 radical (unpaired) electrons. The summed E-state index contributed by atoms with van der Waals surface area (Å²) in [6, 6.07) is 22.7. The van der Waals surface area contributed by atoms with E-state index in [9.17, 15) is 4.79 Å². The summed E-state index contributed by atoms with van der Waals surface area (Å²) in [6.45, 7) is 2.54. The van der Waals surface area contributed by atoms with Crippen molar-refractivity contribution in [1.82, 2.24) is 9.55 Å². The van der Waals surface area contributed by atoms with E-state index in [1.54, 1.807) is 37.6 Å². The van der Waals surface area contributed by atoms with Crippen molar-refractivity contribution in [3.05, 3.63) is 101 Å². The lowest BCUT2D eigenvalue weighted by atomic mass is 10.1. The number of nitrogens with zero attached hydrogens (tertiary/aromatic N) is 2. The largest absolute Gasteiger partial charge is 0.488 e. The van der Waals surface area contributed by atoms with Gasteiger partial charge in [-0.1, -0.05) is 48.0 Å². The van der Waals surface area contributed by atoms with Crippen molar-refractivity contribution in [2.75, 3.05) is 6.61 Å². The minimum atomic E-state index is -0.361. The number of rotatable bonds is 7. The molecule has 0 atom stereocenters. The molecule has 0 aliphatic rings. The minimum absolute atomic E-state index is 0.323. The van der Waals surface area contributed by atoms with Crippen molar-refractivity contribution >= 4 is 17.6 Å². The first kappa shape index (κ1) is 20.7. The fourth-order valence-corrected chi connectivity index (χ4v) is 3.43. The van der Waals surface area contributed by atoms with Crippen molar-refractivity contribution in [3.63, 3.8) is 0 Å². The number of halogens is 1. The molecule has 3 aromatic carbocycles. The maximum atomic E-state index is 12.2. The van der Waals surface area contributed by atoms with Crippen LogP contribution in [-0.4, -0.2) is 22.1 Å². The molecule has 156 valence electrons. The average molecular weight is 433 g/mol. The Morgan fingerprint density at radius 2 is 1.87 bits per heavy atom. The molecule has 0 unspecified atom stereocenters. The Bertz CT molecular complexity index is 1190. The van der Waals surface area contributed by atoms with Gasteiger partial charge in [0.25, 0.3) is 0 Å². The highest BCUT2D eigenvalue weighted by Crippen LogP contribution is 2.34. The van der Waals surface area contributed by atoms with Crippen molar-refractivity contribution in [3.8, 4) is 22.7 Å². The zero-order valence-electron chi connectivity index (χ0n) is 17.0. The SMILES string of the molecule is CCOC(=O)c1cccc(-n2cncc2-c2cc(Cl)ccc2OCc2ccccc2)c1. The molecule has 0 fully saturated rings. The first-order valence-corrected chi connectivity index (χ1v) is 10.3. The number of esters is 1. The zero-order valence-corrected chi connectivity index (χ0v) is 17.8. The molecule has 4 aromatic rings. The van der Waals surface area contributed by atoms with Crippen LogP contribution in [0, 0.1) is 0 Å². The van der Waals surface area contributed by atoms with Crippen molar-refractivity contribution in [2.24, 2.45) is 0 Å². The van der Waals surface area contributed by atoms with Gasteiger partial charge in [0, 0.05) is 16.3 Å². The molecule has 4 rings (SSSR count). The summed E-state index contributed by atoms with van der Waals surface area (Å²) in [6.07, 6.45) is 3.44. The summed E-state index contributed by atoms with van der Waals surface area (Å²) in [5, 5.41) is 0.593. The van der Waals surface area contributed by atoms with Gasteiger partial charge in [-0.3, -0.25) is 4.57 Å². The number of carbonyl (C=O) groups is 1. The molecule has 31 heavy (non-hydrogen) atoms. The predicted octanol–water partition coefficient (Wildman–Crippen LogP) is 5.95. The molecular weight excluding hydrogens is 412 g/mol. The Hall–Kier alpha value is -3.57. The van der Waals surface area contributed by atoms with Crippen LogP contribution in [0.25, 0.3) is 16.9 Å². The molecular formula is C25H21ClN2O3. The molecule has 0 saturated heterocycles. The molecule has 0 aliphatic carbocycles. The Kier molecular flexibility index (Phi) is 6.34. The number of imidazole rings is 1. The van der Waals surface area contributed by atoms with E-state index in [-0.39, 0.29) is 5.97 Å². The number of benzene rings is 3. The van der Waals surface area contributed by atoms with Gasteiger partial charge >= 0.3 is 5.97 Å². The Labute approximate surface area is 185 Å². The first-order valence-electron chi connectivity index (χ1n) is 9.92. The molecule has 0 saturated carbocycles. The van der Waals surface area contributed by atoms with Crippen LogP contribution in [0.1, 0.15) is 22.8 Å². The lowest BCUT2D eigenvalue weighted by Gasteiger charge is -2.15. The van der Waals surface area contributed by atoms with E-state index in [1.165, 1.54) is 0 Å². The minimum Gasteiger partial charge on any atom is -0.488 e. The van der Waals surface area contributed by atoms with Gasteiger partial charge in [0.05, 0.1) is 30.4 Å². The van der Waals surface area contributed by atoms with Gasteiger partial charge in [-0.15, -0.1) is 0 Å². The third-order valence-electron chi connectivity index (χ3n) is 4.73. The van der Waals surface area contributed by atoms with E-state index >= 15 is 0 Å². The summed E-state index contributed by atoms with van der Waals surface area (Å²) >= 11 is 6.30. The van der Waals surface area contributed by atoms with Gasteiger partial charge < -0.3 is 9.47 Å². The van der Waals surface area contributed by atoms with Gasteiger partial charge in [-0.2, -0.15) is 0 Å². The van der Waals surface area contributed by atoms with Crippen LogP contribution in [-0.2, 0) is 11.3 Å². The third kappa shape index (κ3) is 4.78. The van der Waals surface area contributed by atoms with Gasteiger partial charge in [-0.25, -0.2) is 9.78 Å². The fraction of sp³-hybridized carbons (Fsp3) is 0.120. The van der Waals surface area contributed by atoms with Crippen LogP contribution in [0.15, 0.2) is 85.3 Å². The lowest BCUT2D eigenvalue weighted by Crippen LogP contribution is -2.06. The van der Waals surface area contributed by atoms with Crippen LogP contribution >= 0.6 is 11.6 Å². The van der Waals surface area contributed by atoms with Crippen LogP contribution in [0.4, 0.5) is 0 Å². The number of aromatic nitrogens is 2. The van der Waals surface area contributed by atoms with Gasteiger partial charge in [0.15, 0.2) is 0 Å². The molecule has 1 aromatic heterocycles. The normalized spacial score (nSPS) is 10.6. The second kappa shape index (κ2) is 9.49. The number of hydrogen-bond acceptors (Lipinski definition) is 4. The molecule has 0 spiro atoms.